The fraction of sp³-hybridized carbons (Fsp3) is 0.706. The van der Waals surface area contributed by atoms with Crippen molar-refractivity contribution in [2.24, 2.45) is 11.8 Å². The van der Waals surface area contributed by atoms with Gasteiger partial charge in [0, 0.05) is 32.6 Å². The van der Waals surface area contributed by atoms with E-state index in [2.05, 4.69) is 20.6 Å². The molecule has 3 rings (SSSR count). The number of aliphatic hydroxyl groups excluding tert-OH is 1. The van der Waals surface area contributed by atoms with Crippen LogP contribution in [0.2, 0.25) is 0 Å². The Morgan fingerprint density at radius 1 is 1.30 bits per heavy atom. The second-order valence-electron chi connectivity index (χ2n) is 7.23. The summed E-state index contributed by atoms with van der Waals surface area (Å²) < 4.78 is 39.6. The molecule has 3 N–H and O–H groups in total. The van der Waals surface area contributed by atoms with Gasteiger partial charge < -0.3 is 20.6 Å². The zero-order valence-corrected chi connectivity index (χ0v) is 15.3. The van der Waals surface area contributed by atoms with Gasteiger partial charge in [0.25, 0.3) is 0 Å². The summed E-state index contributed by atoms with van der Waals surface area (Å²) in [4.78, 5) is 20.9. The smallest absolute Gasteiger partial charge is 0.391 e. The molecule has 0 spiro atoms. The van der Waals surface area contributed by atoms with E-state index < -0.39 is 18.0 Å². The number of nitrogens with one attached hydrogen (secondary N) is 2. The van der Waals surface area contributed by atoms with Crippen molar-refractivity contribution < 1.29 is 23.1 Å². The van der Waals surface area contributed by atoms with Crippen LogP contribution in [-0.4, -0.2) is 52.8 Å². The highest BCUT2D eigenvalue weighted by atomic mass is 19.4. The van der Waals surface area contributed by atoms with Gasteiger partial charge in [-0.2, -0.15) is 18.2 Å². The van der Waals surface area contributed by atoms with Crippen molar-refractivity contribution in [2.75, 3.05) is 29.9 Å². The summed E-state index contributed by atoms with van der Waals surface area (Å²) in [5, 5.41) is 15.8. The third-order valence-electron chi connectivity index (χ3n) is 5.19. The van der Waals surface area contributed by atoms with Crippen molar-refractivity contribution in [2.45, 2.75) is 45.0 Å². The van der Waals surface area contributed by atoms with Crippen LogP contribution in [0.5, 0.6) is 0 Å². The fourth-order valence-electron chi connectivity index (χ4n) is 4.01. The van der Waals surface area contributed by atoms with Crippen LogP contribution in [0.25, 0.3) is 0 Å². The molecule has 1 aliphatic heterocycles. The summed E-state index contributed by atoms with van der Waals surface area (Å²) in [6.07, 6.45) is -4.10. The molecule has 2 aliphatic rings. The molecule has 1 aromatic rings. The number of carbonyl (C=O) groups excluding carboxylic acids is 1. The molecule has 7 nitrogen and oxygen atoms in total. The molecule has 10 heteroatoms. The van der Waals surface area contributed by atoms with Crippen LogP contribution in [0.15, 0.2) is 6.07 Å². The van der Waals surface area contributed by atoms with Gasteiger partial charge in [0.1, 0.15) is 5.82 Å². The number of aliphatic hydroxyl groups is 1. The van der Waals surface area contributed by atoms with E-state index in [1.54, 1.807) is 6.92 Å². The maximum absolute atomic E-state index is 13.2. The number of aromatic nitrogens is 2. The first kappa shape index (κ1) is 19.7. The highest BCUT2D eigenvalue weighted by Gasteiger charge is 2.43. The lowest BCUT2D eigenvalue weighted by molar-refractivity contribution is -0.141. The molecule has 27 heavy (non-hydrogen) atoms. The van der Waals surface area contributed by atoms with E-state index in [9.17, 15) is 23.1 Å². The second kappa shape index (κ2) is 7.49. The number of carbonyl (C=O) groups is 1. The molecule has 4 atom stereocenters. The van der Waals surface area contributed by atoms with Crippen molar-refractivity contribution in [1.29, 1.82) is 0 Å². The van der Waals surface area contributed by atoms with E-state index in [0.29, 0.717) is 32.5 Å². The average molecular weight is 387 g/mol. The molecule has 150 valence electrons. The van der Waals surface area contributed by atoms with E-state index >= 15 is 0 Å². The van der Waals surface area contributed by atoms with E-state index in [1.165, 1.54) is 6.92 Å². The molecule has 1 saturated heterocycles. The van der Waals surface area contributed by atoms with E-state index in [4.69, 9.17) is 0 Å². The number of alkyl halides is 3. The largest absolute Gasteiger partial charge is 0.433 e. The Balaban J connectivity index is 1.80. The number of amides is 1. The van der Waals surface area contributed by atoms with E-state index in [0.717, 1.165) is 6.07 Å². The Hall–Kier alpha value is -2.10. The third kappa shape index (κ3) is 4.42. The number of rotatable bonds is 4. The summed E-state index contributed by atoms with van der Waals surface area (Å²) in [6.45, 7) is 4.64. The topological polar surface area (TPSA) is 90.4 Å². The van der Waals surface area contributed by atoms with Gasteiger partial charge >= 0.3 is 6.18 Å². The fourth-order valence-corrected chi connectivity index (χ4v) is 4.01. The van der Waals surface area contributed by atoms with Gasteiger partial charge in [-0.15, -0.1) is 0 Å². The maximum Gasteiger partial charge on any atom is 0.433 e. The van der Waals surface area contributed by atoms with Gasteiger partial charge in [0.2, 0.25) is 11.9 Å². The number of fused-ring (bicyclic) bond motifs is 1. The molecule has 2 heterocycles. The van der Waals surface area contributed by atoms with Crippen LogP contribution >= 0.6 is 0 Å². The normalized spacial score (nSPS) is 28.0. The molecular formula is C17H24F3N5O2. The van der Waals surface area contributed by atoms with Gasteiger partial charge in [-0.25, -0.2) is 4.98 Å². The van der Waals surface area contributed by atoms with Gasteiger partial charge in [-0.3, -0.25) is 4.79 Å². The van der Waals surface area contributed by atoms with Crippen molar-refractivity contribution in [3.05, 3.63) is 11.8 Å². The highest BCUT2D eigenvalue weighted by molar-refractivity contribution is 5.73. The number of hydrogen-bond donors (Lipinski definition) is 3. The van der Waals surface area contributed by atoms with Gasteiger partial charge in [0.15, 0.2) is 5.69 Å². The lowest BCUT2D eigenvalue weighted by Crippen LogP contribution is -2.48. The molecule has 0 unspecified atom stereocenters. The van der Waals surface area contributed by atoms with Crippen molar-refractivity contribution >= 4 is 17.7 Å². The van der Waals surface area contributed by atoms with Gasteiger partial charge in [-0.05, 0) is 31.6 Å². The zero-order chi connectivity index (χ0) is 19.8. The molecule has 0 bridgehead atoms. The van der Waals surface area contributed by atoms with Crippen molar-refractivity contribution in [3.63, 3.8) is 0 Å². The predicted molar refractivity (Wildman–Crippen MR) is 93.2 cm³/mol. The van der Waals surface area contributed by atoms with Gasteiger partial charge in [0.05, 0.1) is 12.1 Å². The average Bonchev–Trinajstić information content (AvgIpc) is 2.97. The quantitative estimate of drug-likeness (QED) is 0.728. The van der Waals surface area contributed by atoms with E-state index in [1.807, 2.05) is 4.90 Å². The van der Waals surface area contributed by atoms with Crippen LogP contribution in [-0.2, 0) is 11.0 Å². The first-order chi connectivity index (χ1) is 12.7. The number of anilines is 2. The Labute approximate surface area is 155 Å². The summed E-state index contributed by atoms with van der Waals surface area (Å²) in [6, 6.07) is 0.650. The van der Waals surface area contributed by atoms with Crippen LogP contribution in [0.4, 0.5) is 24.9 Å². The SMILES string of the molecule is CCNc1nc(N2C[C@H]3C[C@@H](NC(C)=O)[C@H](O)C[C@H]3C2)cc(C(F)(F)F)n1. The van der Waals surface area contributed by atoms with Crippen molar-refractivity contribution in [1.82, 2.24) is 15.3 Å². The Morgan fingerprint density at radius 3 is 2.56 bits per heavy atom. The predicted octanol–water partition coefficient (Wildman–Crippen LogP) is 1.64. The molecule has 1 amide bonds. The second-order valence-corrected chi connectivity index (χ2v) is 7.23. The molecule has 0 aromatic carbocycles. The highest BCUT2D eigenvalue weighted by Crippen LogP contribution is 2.39. The standard InChI is InChI=1S/C17H24F3N5O2/c1-3-21-16-23-14(17(18,19)20)6-15(24-16)25-7-10-4-12(22-9(2)26)13(27)5-11(10)8-25/h6,10-13,27H,3-5,7-8H2,1-2H3,(H,22,26)(H,21,23,24)/t10-,11+,12-,13-/m1/s1. The van der Waals surface area contributed by atoms with Crippen LogP contribution < -0.4 is 15.5 Å². The Bertz CT molecular complexity index is 700. The minimum Gasteiger partial charge on any atom is -0.391 e. The summed E-state index contributed by atoms with van der Waals surface area (Å²) in [7, 11) is 0. The summed E-state index contributed by atoms with van der Waals surface area (Å²) >= 11 is 0. The lowest BCUT2D eigenvalue weighted by atomic mass is 9.77. The van der Waals surface area contributed by atoms with Crippen LogP contribution in [0, 0.1) is 11.8 Å². The number of halogens is 3. The lowest BCUT2D eigenvalue weighted by Gasteiger charge is -2.35. The Morgan fingerprint density at radius 2 is 1.96 bits per heavy atom. The summed E-state index contributed by atoms with van der Waals surface area (Å²) in [5.41, 5.74) is -0.977. The van der Waals surface area contributed by atoms with Crippen molar-refractivity contribution in [3.8, 4) is 0 Å². The van der Waals surface area contributed by atoms with E-state index in [-0.39, 0.29) is 35.6 Å². The minimum absolute atomic E-state index is 0.0478. The first-order valence-electron chi connectivity index (χ1n) is 9.07. The zero-order valence-electron chi connectivity index (χ0n) is 15.3. The van der Waals surface area contributed by atoms with Crippen LogP contribution in [0.1, 0.15) is 32.4 Å². The molecule has 1 saturated carbocycles. The molecular weight excluding hydrogens is 363 g/mol. The molecule has 1 aromatic heterocycles. The molecule has 2 fully saturated rings. The number of nitrogens with zero attached hydrogens (tertiary/aromatic N) is 3. The monoisotopic (exact) mass is 387 g/mol. The van der Waals surface area contributed by atoms with Crippen LogP contribution in [0.3, 0.4) is 0 Å². The molecule has 1 aliphatic carbocycles. The summed E-state index contributed by atoms with van der Waals surface area (Å²) in [5.74, 6) is 0.309. The third-order valence-corrected chi connectivity index (χ3v) is 5.19. The van der Waals surface area contributed by atoms with Gasteiger partial charge in [-0.1, -0.05) is 0 Å². The Kier molecular flexibility index (Phi) is 5.45. The first-order valence-corrected chi connectivity index (χ1v) is 9.07. The molecule has 0 radical (unpaired) electrons. The number of hydrogen-bond acceptors (Lipinski definition) is 6. The maximum atomic E-state index is 13.2. The minimum atomic E-state index is -4.55.